The molecule has 2 bridgehead atoms. The molecule has 5 atom stereocenters. The zero-order valence-electron chi connectivity index (χ0n) is 33.1. The summed E-state index contributed by atoms with van der Waals surface area (Å²) in [5, 5.41) is 15.5. The summed E-state index contributed by atoms with van der Waals surface area (Å²) in [6.07, 6.45) is 5.76. The van der Waals surface area contributed by atoms with E-state index in [9.17, 15) is 14.7 Å². The van der Waals surface area contributed by atoms with Crippen LogP contribution in [0, 0.1) is 10.8 Å². The molecule has 9 nitrogen and oxygen atoms in total. The molecule has 0 radical (unpaired) electrons. The second kappa shape index (κ2) is 17.3. The number of carbonyl (C=O) groups excluding carboxylic acids is 2. The molecule has 56 heavy (non-hydrogen) atoms. The number of nitrogens with zero attached hydrogens (tertiary/aromatic N) is 1. The fourth-order valence-corrected chi connectivity index (χ4v) is 9.49. The summed E-state index contributed by atoms with van der Waals surface area (Å²) in [4.78, 5) is 27.7. The van der Waals surface area contributed by atoms with E-state index < -0.39 is 6.29 Å². The van der Waals surface area contributed by atoms with Gasteiger partial charge < -0.3 is 30.9 Å². The summed E-state index contributed by atoms with van der Waals surface area (Å²) >= 11 is 0. The Morgan fingerprint density at radius 1 is 0.821 bits per heavy atom. The van der Waals surface area contributed by atoms with Gasteiger partial charge in [-0.1, -0.05) is 93.6 Å². The first-order valence-corrected chi connectivity index (χ1v) is 20.3. The van der Waals surface area contributed by atoms with Gasteiger partial charge in [0.05, 0.1) is 30.2 Å². The van der Waals surface area contributed by atoms with Gasteiger partial charge in [-0.3, -0.25) is 14.5 Å². The Kier molecular flexibility index (Phi) is 12.3. The zero-order chi connectivity index (χ0) is 39.3. The SMILES string of the molecule is CC1(C)CC2CC(C)(CN2C[C@@H]2C[C@H](c3ccc(CO)cc3)O[C@H](c3cccc(-c4cccc(CNC(=O)CCCCC(=O)Nc5ccccc5N)c4)c3)O2)C1. The number of hydrogen-bond donors (Lipinski definition) is 4. The van der Waals surface area contributed by atoms with E-state index in [1.807, 2.05) is 36.4 Å². The predicted octanol–water partition coefficient (Wildman–Crippen LogP) is 8.69. The molecule has 5 N–H and O–H groups in total. The first-order chi connectivity index (χ1) is 26.9. The number of amides is 2. The number of likely N-dealkylation sites (tertiary alicyclic amines) is 1. The van der Waals surface area contributed by atoms with Crippen molar-refractivity contribution in [3.63, 3.8) is 0 Å². The number of para-hydroxylation sites is 2. The highest BCUT2D eigenvalue weighted by Gasteiger charge is 2.50. The van der Waals surface area contributed by atoms with E-state index in [1.165, 1.54) is 19.3 Å². The number of unbranched alkanes of at least 4 members (excludes halogenated alkanes) is 1. The summed E-state index contributed by atoms with van der Waals surface area (Å²) in [7, 11) is 0. The van der Waals surface area contributed by atoms with Gasteiger partial charge in [0.2, 0.25) is 11.8 Å². The zero-order valence-corrected chi connectivity index (χ0v) is 33.1. The third-order valence-electron chi connectivity index (χ3n) is 11.8. The van der Waals surface area contributed by atoms with Crippen molar-refractivity contribution in [2.24, 2.45) is 10.8 Å². The Morgan fingerprint density at radius 3 is 2.32 bits per heavy atom. The largest absolute Gasteiger partial charge is 0.397 e. The van der Waals surface area contributed by atoms with Crippen LogP contribution in [0.25, 0.3) is 11.1 Å². The van der Waals surface area contributed by atoms with E-state index in [4.69, 9.17) is 15.2 Å². The van der Waals surface area contributed by atoms with Crippen molar-refractivity contribution >= 4 is 23.2 Å². The maximum absolute atomic E-state index is 12.7. The molecule has 7 rings (SSSR count). The van der Waals surface area contributed by atoms with Gasteiger partial charge in [-0.15, -0.1) is 0 Å². The number of nitrogens with two attached hydrogens (primary N) is 1. The Bertz CT molecular complexity index is 1980. The van der Waals surface area contributed by atoms with Gasteiger partial charge in [0, 0.05) is 50.5 Å². The number of fused-ring (bicyclic) bond motifs is 2. The minimum Gasteiger partial charge on any atom is -0.397 e. The highest BCUT2D eigenvalue weighted by molar-refractivity contribution is 5.93. The highest BCUT2D eigenvalue weighted by Crippen LogP contribution is 2.53. The molecule has 2 heterocycles. The normalized spacial score (nSPS) is 24.4. The van der Waals surface area contributed by atoms with Crippen molar-refractivity contribution in [2.45, 2.75) is 110 Å². The van der Waals surface area contributed by atoms with Gasteiger partial charge in [-0.2, -0.15) is 0 Å². The topological polar surface area (TPSA) is 126 Å². The quantitative estimate of drug-likeness (QED) is 0.0749. The smallest absolute Gasteiger partial charge is 0.224 e. The summed E-state index contributed by atoms with van der Waals surface area (Å²) in [6.45, 7) is 9.73. The van der Waals surface area contributed by atoms with Gasteiger partial charge in [0.1, 0.15) is 0 Å². The van der Waals surface area contributed by atoms with Crippen LogP contribution in [-0.2, 0) is 32.2 Å². The van der Waals surface area contributed by atoms with Crippen molar-refractivity contribution in [3.05, 3.63) is 119 Å². The van der Waals surface area contributed by atoms with Crippen molar-refractivity contribution in [1.82, 2.24) is 10.2 Å². The first kappa shape index (κ1) is 39.7. The minimum absolute atomic E-state index is 0.00346. The lowest BCUT2D eigenvalue weighted by Gasteiger charge is -2.41. The van der Waals surface area contributed by atoms with Crippen molar-refractivity contribution in [1.29, 1.82) is 0 Å². The number of nitrogens with one attached hydrogen (secondary N) is 2. The van der Waals surface area contributed by atoms with Crippen LogP contribution in [0.5, 0.6) is 0 Å². The van der Waals surface area contributed by atoms with Crippen LogP contribution in [0.2, 0.25) is 0 Å². The van der Waals surface area contributed by atoms with E-state index in [1.54, 1.807) is 12.1 Å². The Labute approximate surface area is 332 Å². The van der Waals surface area contributed by atoms with Crippen LogP contribution in [0.15, 0.2) is 97.1 Å². The van der Waals surface area contributed by atoms with E-state index >= 15 is 0 Å². The number of hydrogen-bond acceptors (Lipinski definition) is 7. The molecule has 4 aromatic rings. The molecule has 2 aliphatic heterocycles. The van der Waals surface area contributed by atoms with E-state index in [0.717, 1.165) is 52.9 Å². The molecule has 1 saturated carbocycles. The molecule has 3 fully saturated rings. The molecule has 4 aromatic carbocycles. The van der Waals surface area contributed by atoms with Crippen LogP contribution in [0.3, 0.4) is 0 Å². The number of nitrogen functional groups attached to an aromatic ring is 1. The lowest BCUT2D eigenvalue weighted by molar-refractivity contribution is -0.253. The van der Waals surface area contributed by atoms with Crippen molar-refractivity contribution in [3.8, 4) is 11.1 Å². The molecular weight excluding hydrogens is 701 g/mol. The number of carbonyl (C=O) groups is 2. The van der Waals surface area contributed by atoms with Gasteiger partial charge in [-0.25, -0.2) is 0 Å². The van der Waals surface area contributed by atoms with E-state index in [-0.39, 0.29) is 30.6 Å². The fraction of sp³-hybridized carbons (Fsp3) is 0.447. The van der Waals surface area contributed by atoms with Crippen LogP contribution < -0.4 is 16.4 Å². The number of aliphatic hydroxyl groups excluding tert-OH is 1. The number of ether oxygens (including phenoxy) is 2. The van der Waals surface area contributed by atoms with Crippen LogP contribution in [0.4, 0.5) is 11.4 Å². The lowest BCUT2D eigenvalue weighted by Crippen LogP contribution is -2.42. The third kappa shape index (κ3) is 10.1. The summed E-state index contributed by atoms with van der Waals surface area (Å²) in [5.74, 6) is -0.149. The predicted molar refractivity (Wildman–Crippen MR) is 221 cm³/mol. The maximum Gasteiger partial charge on any atom is 0.224 e. The van der Waals surface area contributed by atoms with Crippen LogP contribution in [0.1, 0.15) is 107 Å². The van der Waals surface area contributed by atoms with Gasteiger partial charge in [-0.05, 0) is 95.0 Å². The highest BCUT2D eigenvalue weighted by atomic mass is 16.7. The van der Waals surface area contributed by atoms with Crippen LogP contribution >= 0.6 is 0 Å². The Hall–Kier alpha value is -4.54. The average molecular weight is 759 g/mol. The molecule has 0 aromatic heterocycles. The number of benzene rings is 4. The Morgan fingerprint density at radius 2 is 1.55 bits per heavy atom. The minimum atomic E-state index is -0.532. The second-order valence-corrected chi connectivity index (χ2v) is 17.4. The first-order valence-electron chi connectivity index (χ1n) is 20.3. The molecular formula is C47H58N4O5. The van der Waals surface area contributed by atoms with E-state index in [2.05, 4.69) is 84.8 Å². The summed E-state index contributed by atoms with van der Waals surface area (Å²) in [6, 6.07) is 32.5. The maximum atomic E-state index is 12.7. The second-order valence-electron chi connectivity index (χ2n) is 17.4. The number of aliphatic hydroxyl groups is 1. The molecule has 296 valence electrons. The molecule has 1 aliphatic carbocycles. The number of anilines is 2. The van der Waals surface area contributed by atoms with Crippen molar-refractivity contribution in [2.75, 3.05) is 24.1 Å². The molecule has 2 amide bonds. The molecule has 2 unspecified atom stereocenters. The monoisotopic (exact) mass is 758 g/mol. The van der Waals surface area contributed by atoms with Gasteiger partial charge in [0.15, 0.2) is 6.29 Å². The molecule has 2 saturated heterocycles. The lowest BCUT2D eigenvalue weighted by atomic mass is 9.65. The fourth-order valence-electron chi connectivity index (χ4n) is 9.49. The third-order valence-corrected chi connectivity index (χ3v) is 11.8. The number of rotatable bonds is 14. The standard InChI is InChI=1S/C47H58N4O5/c1-46(2)25-38-26-47(3,30-46)31-51(38)28-39-24-42(34-20-18-32(29-52)19-21-34)56-45(55-39)37-13-9-12-36(23-37)35-11-8-10-33(22-35)27-49-43(53)16-6-7-17-44(54)50-41-15-5-4-14-40(41)48/h4-5,8-15,18-23,38-39,42,45,52H,6-7,16-17,24-31,48H2,1-3H3,(H,49,53)(H,50,54)/t38?,39-,42+,45+,47?/m0/s1. The average Bonchev–Trinajstić information content (AvgIpc) is 3.43. The van der Waals surface area contributed by atoms with Gasteiger partial charge in [0.25, 0.3) is 0 Å². The molecule has 0 spiro atoms. The summed E-state index contributed by atoms with van der Waals surface area (Å²) in [5.41, 5.74) is 13.8. The van der Waals surface area contributed by atoms with Gasteiger partial charge >= 0.3 is 0 Å². The molecule has 9 heteroatoms. The summed E-state index contributed by atoms with van der Waals surface area (Å²) < 4.78 is 13.6. The van der Waals surface area contributed by atoms with E-state index in [0.29, 0.717) is 60.5 Å². The van der Waals surface area contributed by atoms with Crippen LogP contribution in [-0.4, -0.2) is 47.1 Å². The Balaban J connectivity index is 0.974. The van der Waals surface area contributed by atoms with Crippen molar-refractivity contribution < 1.29 is 24.2 Å². The molecule has 3 aliphatic rings.